The van der Waals surface area contributed by atoms with Gasteiger partial charge in [0.05, 0.1) is 24.5 Å². The first-order valence-corrected chi connectivity index (χ1v) is 8.16. The Kier molecular flexibility index (Phi) is 5.26. The van der Waals surface area contributed by atoms with E-state index in [1.807, 2.05) is 55.5 Å². The summed E-state index contributed by atoms with van der Waals surface area (Å²) in [5, 5.41) is 2.97. The van der Waals surface area contributed by atoms with Gasteiger partial charge in [0.1, 0.15) is 5.82 Å². The van der Waals surface area contributed by atoms with E-state index in [1.54, 1.807) is 19.4 Å². The summed E-state index contributed by atoms with van der Waals surface area (Å²) < 4.78 is 5.11. The van der Waals surface area contributed by atoms with Gasteiger partial charge in [-0.2, -0.15) is 0 Å². The zero-order valence-corrected chi connectivity index (χ0v) is 14.3. The number of nitrogens with zero attached hydrogens (tertiary/aromatic N) is 1. The topological polar surface area (TPSA) is 67.0 Å². The Bertz CT molecular complexity index is 843. The Labute approximate surface area is 147 Å². The zero-order chi connectivity index (χ0) is 17.6. The number of hydrogen-bond donors (Lipinski definition) is 2. The molecule has 5 heteroatoms. The minimum absolute atomic E-state index is 0.136. The van der Waals surface area contributed by atoms with E-state index >= 15 is 0 Å². The molecule has 0 saturated carbocycles. The third kappa shape index (κ3) is 4.14. The number of nitrogens with one attached hydrogen (secondary N) is 2. The van der Waals surface area contributed by atoms with E-state index in [2.05, 4.69) is 15.3 Å². The molecule has 0 saturated heterocycles. The molecule has 1 amide bonds. The van der Waals surface area contributed by atoms with Crippen molar-refractivity contribution in [2.75, 3.05) is 7.11 Å². The summed E-state index contributed by atoms with van der Waals surface area (Å²) in [5.41, 5.74) is 3.56. The number of ether oxygens (including phenoxy) is 1. The van der Waals surface area contributed by atoms with Gasteiger partial charge in [0, 0.05) is 12.7 Å². The second-order valence-corrected chi connectivity index (χ2v) is 5.88. The number of carbonyl (C=O) groups is 1. The van der Waals surface area contributed by atoms with Crippen LogP contribution in [0.2, 0.25) is 0 Å². The van der Waals surface area contributed by atoms with E-state index in [9.17, 15) is 4.79 Å². The standard InChI is InChI=1S/C20H21N3O2/c1-14(19-21-12-18(23-19)16-8-4-3-5-9-16)22-20(24)17-10-6-7-15(11-17)13-25-2/h3-12,14H,13H2,1-2H3,(H,21,23)(H,22,24)/t14-/m0/s1. The summed E-state index contributed by atoms with van der Waals surface area (Å²) in [6.45, 7) is 2.39. The molecule has 0 aliphatic rings. The van der Waals surface area contributed by atoms with Crippen molar-refractivity contribution in [1.29, 1.82) is 0 Å². The second kappa shape index (κ2) is 7.77. The van der Waals surface area contributed by atoms with Crippen molar-refractivity contribution in [3.8, 4) is 11.3 Å². The van der Waals surface area contributed by atoms with Gasteiger partial charge in [-0.1, -0.05) is 42.5 Å². The monoisotopic (exact) mass is 335 g/mol. The highest BCUT2D eigenvalue weighted by atomic mass is 16.5. The molecule has 0 bridgehead atoms. The third-order valence-corrected chi connectivity index (χ3v) is 3.94. The van der Waals surface area contributed by atoms with Crippen LogP contribution in [0.15, 0.2) is 60.8 Å². The van der Waals surface area contributed by atoms with Crippen LogP contribution in [-0.2, 0) is 11.3 Å². The smallest absolute Gasteiger partial charge is 0.251 e. The maximum Gasteiger partial charge on any atom is 0.251 e. The number of carbonyl (C=O) groups excluding carboxylic acids is 1. The summed E-state index contributed by atoms with van der Waals surface area (Å²) in [5.74, 6) is 0.586. The number of aromatic nitrogens is 2. The lowest BCUT2D eigenvalue weighted by atomic mass is 10.1. The number of benzene rings is 2. The van der Waals surface area contributed by atoms with Crippen LogP contribution in [0.25, 0.3) is 11.3 Å². The predicted molar refractivity (Wildman–Crippen MR) is 97.1 cm³/mol. The lowest BCUT2D eigenvalue weighted by Gasteiger charge is -2.12. The van der Waals surface area contributed by atoms with Gasteiger partial charge in [-0.15, -0.1) is 0 Å². The second-order valence-electron chi connectivity index (χ2n) is 5.88. The molecule has 0 radical (unpaired) electrons. The first-order chi connectivity index (χ1) is 12.2. The summed E-state index contributed by atoms with van der Waals surface area (Å²) in [6, 6.07) is 17.2. The Morgan fingerprint density at radius 3 is 2.76 bits per heavy atom. The number of methoxy groups -OCH3 is 1. The first kappa shape index (κ1) is 16.9. The van der Waals surface area contributed by atoms with Crippen molar-refractivity contribution in [3.63, 3.8) is 0 Å². The molecule has 0 aliphatic carbocycles. The third-order valence-electron chi connectivity index (χ3n) is 3.94. The van der Waals surface area contributed by atoms with Crippen molar-refractivity contribution < 1.29 is 9.53 Å². The largest absolute Gasteiger partial charge is 0.380 e. The quantitative estimate of drug-likeness (QED) is 0.721. The molecule has 128 valence electrons. The fourth-order valence-electron chi connectivity index (χ4n) is 2.64. The Hall–Kier alpha value is -2.92. The van der Waals surface area contributed by atoms with Gasteiger partial charge >= 0.3 is 0 Å². The lowest BCUT2D eigenvalue weighted by Crippen LogP contribution is -2.27. The van der Waals surface area contributed by atoms with E-state index in [1.165, 1.54) is 0 Å². The number of rotatable bonds is 6. The highest BCUT2D eigenvalue weighted by Gasteiger charge is 2.15. The van der Waals surface area contributed by atoms with Crippen LogP contribution in [0.4, 0.5) is 0 Å². The number of hydrogen-bond acceptors (Lipinski definition) is 3. The van der Waals surface area contributed by atoms with E-state index in [-0.39, 0.29) is 11.9 Å². The van der Waals surface area contributed by atoms with E-state index in [0.717, 1.165) is 22.6 Å². The van der Waals surface area contributed by atoms with E-state index in [0.29, 0.717) is 12.2 Å². The first-order valence-electron chi connectivity index (χ1n) is 8.16. The van der Waals surface area contributed by atoms with Gasteiger partial charge in [-0.3, -0.25) is 4.79 Å². The van der Waals surface area contributed by atoms with Gasteiger partial charge in [0.15, 0.2) is 0 Å². The molecule has 0 aliphatic heterocycles. The average molecular weight is 335 g/mol. The van der Waals surface area contributed by atoms with Gasteiger partial charge in [0.25, 0.3) is 5.91 Å². The molecule has 25 heavy (non-hydrogen) atoms. The van der Waals surface area contributed by atoms with Crippen LogP contribution in [0, 0.1) is 0 Å². The van der Waals surface area contributed by atoms with Crippen LogP contribution in [0.5, 0.6) is 0 Å². The number of amides is 1. The Morgan fingerprint density at radius 2 is 2.00 bits per heavy atom. The minimum atomic E-state index is -0.226. The normalized spacial score (nSPS) is 11.9. The van der Waals surface area contributed by atoms with Crippen molar-refractivity contribution >= 4 is 5.91 Å². The molecule has 3 aromatic rings. The van der Waals surface area contributed by atoms with Gasteiger partial charge in [-0.25, -0.2) is 4.98 Å². The van der Waals surface area contributed by atoms with Crippen LogP contribution < -0.4 is 5.32 Å². The van der Waals surface area contributed by atoms with Crippen LogP contribution in [0.3, 0.4) is 0 Å². The van der Waals surface area contributed by atoms with Crippen molar-refractivity contribution in [2.45, 2.75) is 19.6 Å². The molecule has 2 aromatic carbocycles. The molecule has 3 rings (SSSR count). The van der Waals surface area contributed by atoms with Gasteiger partial charge in [0.2, 0.25) is 0 Å². The number of H-pyrrole nitrogens is 1. The maximum atomic E-state index is 12.5. The molecule has 0 spiro atoms. The van der Waals surface area contributed by atoms with Gasteiger partial charge < -0.3 is 15.0 Å². The maximum absolute atomic E-state index is 12.5. The average Bonchev–Trinajstić information content (AvgIpc) is 3.13. The SMILES string of the molecule is COCc1cccc(C(=O)N[C@@H](C)c2ncc(-c3ccccc3)[nH]2)c1. The van der Waals surface area contributed by atoms with Crippen molar-refractivity contribution in [3.05, 3.63) is 77.7 Å². The highest BCUT2D eigenvalue weighted by Crippen LogP contribution is 2.19. The van der Waals surface area contributed by atoms with Crippen LogP contribution in [0.1, 0.15) is 34.7 Å². The molecular weight excluding hydrogens is 314 g/mol. The number of aromatic amines is 1. The van der Waals surface area contributed by atoms with Gasteiger partial charge in [-0.05, 0) is 30.2 Å². The molecule has 0 unspecified atom stereocenters. The predicted octanol–water partition coefficient (Wildman–Crippen LogP) is 3.71. The van der Waals surface area contributed by atoms with E-state index in [4.69, 9.17) is 4.74 Å². The lowest BCUT2D eigenvalue weighted by molar-refractivity contribution is 0.0938. The van der Waals surface area contributed by atoms with Crippen molar-refractivity contribution in [2.24, 2.45) is 0 Å². The van der Waals surface area contributed by atoms with Crippen LogP contribution in [-0.4, -0.2) is 23.0 Å². The molecule has 0 fully saturated rings. The molecule has 1 aromatic heterocycles. The highest BCUT2D eigenvalue weighted by molar-refractivity contribution is 5.94. The summed E-state index contributed by atoms with van der Waals surface area (Å²) in [4.78, 5) is 20.1. The Balaban J connectivity index is 1.70. The summed E-state index contributed by atoms with van der Waals surface area (Å²) >= 11 is 0. The molecule has 1 atom stereocenters. The minimum Gasteiger partial charge on any atom is -0.380 e. The summed E-state index contributed by atoms with van der Waals surface area (Å²) in [7, 11) is 1.63. The fourth-order valence-corrected chi connectivity index (χ4v) is 2.64. The fraction of sp³-hybridized carbons (Fsp3) is 0.200. The molecule has 5 nitrogen and oxygen atoms in total. The molecule has 2 N–H and O–H groups in total. The number of imidazole rings is 1. The molecule has 1 heterocycles. The Morgan fingerprint density at radius 1 is 1.20 bits per heavy atom. The summed E-state index contributed by atoms with van der Waals surface area (Å²) in [6.07, 6.45) is 1.78. The van der Waals surface area contributed by atoms with Crippen molar-refractivity contribution in [1.82, 2.24) is 15.3 Å². The molecular formula is C20H21N3O2. The van der Waals surface area contributed by atoms with E-state index < -0.39 is 0 Å². The van der Waals surface area contributed by atoms with Crippen LogP contribution >= 0.6 is 0 Å². The zero-order valence-electron chi connectivity index (χ0n) is 14.3.